The summed E-state index contributed by atoms with van der Waals surface area (Å²) in [5, 5.41) is 21.7. The van der Waals surface area contributed by atoms with Crippen LogP contribution in [0.4, 0.5) is 0 Å². The SMILES string of the molecule is Cc1cc(Oc2c(C)cc(-c3cc(C)c(Oc4cc(C)c(OC(C)(C)Cc5ccc(Oc6ccc(COc7ccc(O)cc7P7(=O)Oc8ccccc8-c8ccccc87)cc6)cc5)c(C)c4)c(C)c3)cc2C)cc(C)c1O. The van der Waals surface area contributed by atoms with E-state index in [4.69, 9.17) is 28.2 Å². The maximum Gasteiger partial charge on any atom is 0.311 e. The molecule has 0 aromatic heterocycles. The maximum atomic E-state index is 14.9. The molecule has 1 atom stereocenters. The Hall–Kier alpha value is -8.39. The van der Waals surface area contributed by atoms with E-state index in [9.17, 15) is 14.8 Å². The van der Waals surface area contributed by atoms with Crippen molar-refractivity contribution in [2.24, 2.45) is 0 Å². The summed E-state index contributed by atoms with van der Waals surface area (Å²) in [6.07, 6.45) is 0.667. The van der Waals surface area contributed by atoms with Crippen LogP contribution in [0, 0.1) is 55.4 Å². The molecule has 0 aliphatic carbocycles. The zero-order chi connectivity index (χ0) is 54.3. The Labute approximate surface area is 451 Å². The van der Waals surface area contributed by atoms with Crippen molar-refractivity contribution in [3.63, 3.8) is 0 Å². The van der Waals surface area contributed by atoms with Crippen LogP contribution in [0.1, 0.15) is 69.5 Å². The van der Waals surface area contributed by atoms with Crippen LogP contribution in [-0.2, 0) is 17.6 Å². The minimum Gasteiger partial charge on any atom is -0.508 e. The molecule has 9 aromatic carbocycles. The molecule has 9 aromatic rings. The molecule has 1 aliphatic heterocycles. The highest BCUT2D eigenvalue weighted by molar-refractivity contribution is 7.75. The van der Waals surface area contributed by atoms with E-state index >= 15 is 0 Å². The smallest absolute Gasteiger partial charge is 0.311 e. The van der Waals surface area contributed by atoms with Crippen molar-refractivity contribution in [1.29, 1.82) is 0 Å². The van der Waals surface area contributed by atoms with Gasteiger partial charge in [0, 0.05) is 12.0 Å². The maximum absolute atomic E-state index is 14.9. The summed E-state index contributed by atoms with van der Waals surface area (Å²) < 4.78 is 53.6. The van der Waals surface area contributed by atoms with E-state index in [0.29, 0.717) is 51.5 Å². The molecule has 1 heterocycles. The summed E-state index contributed by atoms with van der Waals surface area (Å²) in [5.41, 5.74) is 13.0. The first-order valence-electron chi connectivity index (χ1n) is 25.8. The number of phenolic OH excluding ortho intramolecular Hbond substituents is 2. The minimum absolute atomic E-state index is 0.0341. The first kappa shape index (κ1) is 52.1. The Morgan fingerprint density at radius 2 is 0.948 bits per heavy atom. The number of phenols is 2. The van der Waals surface area contributed by atoms with Gasteiger partial charge in [0.05, 0.1) is 10.6 Å². The third-order valence-electron chi connectivity index (χ3n) is 14.0. The van der Waals surface area contributed by atoms with Gasteiger partial charge in [0.2, 0.25) is 0 Å². The molecule has 10 heteroatoms. The fraction of sp³-hybridized carbons (Fsp3) is 0.194. The van der Waals surface area contributed by atoms with E-state index in [0.717, 1.165) is 101 Å². The van der Waals surface area contributed by atoms with Crippen LogP contribution in [0.15, 0.2) is 164 Å². The molecular weight excluding hydrogens is 980 g/mol. The highest BCUT2D eigenvalue weighted by Crippen LogP contribution is 2.55. The molecule has 1 unspecified atom stereocenters. The van der Waals surface area contributed by atoms with Gasteiger partial charge in [-0.1, -0.05) is 60.7 Å². The molecule has 10 rings (SSSR count). The van der Waals surface area contributed by atoms with E-state index in [-0.39, 0.29) is 12.4 Å². The molecule has 390 valence electrons. The van der Waals surface area contributed by atoms with Gasteiger partial charge in [-0.3, -0.25) is 4.57 Å². The molecule has 0 fully saturated rings. The van der Waals surface area contributed by atoms with Crippen LogP contribution in [0.5, 0.6) is 63.2 Å². The lowest BCUT2D eigenvalue weighted by molar-refractivity contribution is 0.108. The quantitative estimate of drug-likeness (QED) is 0.0969. The summed E-state index contributed by atoms with van der Waals surface area (Å²) in [5.74, 6) is 6.44. The molecule has 0 bridgehead atoms. The first-order valence-corrected chi connectivity index (χ1v) is 27.4. The lowest BCUT2D eigenvalue weighted by Crippen LogP contribution is -2.31. The molecular formula is C67H63O9P. The van der Waals surface area contributed by atoms with Gasteiger partial charge in [0.1, 0.15) is 75.5 Å². The highest BCUT2D eigenvalue weighted by Gasteiger charge is 2.40. The number of rotatable bonds is 15. The van der Waals surface area contributed by atoms with Gasteiger partial charge in [0.15, 0.2) is 0 Å². The van der Waals surface area contributed by atoms with E-state index in [1.54, 1.807) is 6.07 Å². The molecule has 9 nitrogen and oxygen atoms in total. The summed E-state index contributed by atoms with van der Waals surface area (Å²) in [6, 6.07) is 51.8. The van der Waals surface area contributed by atoms with Gasteiger partial charge in [0.25, 0.3) is 0 Å². The molecule has 2 N–H and O–H groups in total. The Kier molecular flexibility index (Phi) is 14.2. The lowest BCUT2D eigenvalue weighted by atomic mass is 9.96. The van der Waals surface area contributed by atoms with Crippen LogP contribution >= 0.6 is 7.37 Å². The predicted molar refractivity (Wildman–Crippen MR) is 308 cm³/mol. The third kappa shape index (κ3) is 11.0. The van der Waals surface area contributed by atoms with Crippen LogP contribution in [0.25, 0.3) is 22.3 Å². The fourth-order valence-electron chi connectivity index (χ4n) is 10.3. The van der Waals surface area contributed by atoms with Crippen LogP contribution < -0.4 is 38.8 Å². The molecule has 0 radical (unpaired) electrons. The number of aromatic hydroxyl groups is 2. The Balaban J connectivity index is 0.749. The van der Waals surface area contributed by atoms with Gasteiger partial charge in [-0.25, -0.2) is 0 Å². The number of benzene rings is 9. The number of hydrogen-bond donors (Lipinski definition) is 2. The number of fused-ring (bicyclic) bond motifs is 3. The summed E-state index contributed by atoms with van der Waals surface area (Å²) in [7, 11) is -3.71. The number of aryl methyl sites for hydroxylation is 8. The number of ether oxygens (including phenoxy) is 5. The Morgan fingerprint density at radius 3 is 1.51 bits per heavy atom. The van der Waals surface area contributed by atoms with Crippen molar-refractivity contribution in [3.05, 3.63) is 219 Å². The topological polar surface area (TPSA) is 113 Å². The monoisotopic (exact) mass is 1040 g/mol. The minimum atomic E-state index is -3.71. The van der Waals surface area contributed by atoms with Gasteiger partial charge in [-0.05, 0) is 245 Å². The Morgan fingerprint density at radius 1 is 0.468 bits per heavy atom. The second-order valence-electron chi connectivity index (χ2n) is 20.9. The van der Waals surface area contributed by atoms with Crippen molar-refractivity contribution in [2.45, 2.75) is 87.9 Å². The number of hydrogen-bond acceptors (Lipinski definition) is 9. The van der Waals surface area contributed by atoms with Crippen LogP contribution in [0.3, 0.4) is 0 Å². The fourth-order valence-corrected chi connectivity index (χ4v) is 12.7. The van der Waals surface area contributed by atoms with Crippen molar-refractivity contribution in [1.82, 2.24) is 0 Å². The predicted octanol–water partition coefficient (Wildman–Crippen LogP) is 16.9. The number of para-hydroxylation sites is 1. The van der Waals surface area contributed by atoms with E-state index < -0.39 is 13.0 Å². The first-order chi connectivity index (χ1) is 36.8. The largest absolute Gasteiger partial charge is 0.508 e. The molecule has 0 spiro atoms. The summed E-state index contributed by atoms with van der Waals surface area (Å²) >= 11 is 0. The van der Waals surface area contributed by atoms with Gasteiger partial charge in [-0.15, -0.1) is 0 Å². The Bertz CT molecular complexity index is 3670. The van der Waals surface area contributed by atoms with E-state index in [2.05, 4.69) is 91.8 Å². The van der Waals surface area contributed by atoms with Crippen molar-refractivity contribution < 1.29 is 43.0 Å². The zero-order valence-electron chi connectivity index (χ0n) is 45.2. The van der Waals surface area contributed by atoms with Crippen molar-refractivity contribution in [3.8, 4) is 85.5 Å². The average Bonchev–Trinajstić information content (AvgIpc) is 3.42. The lowest BCUT2D eigenvalue weighted by Gasteiger charge is -2.29. The van der Waals surface area contributed by atoms with Crippen molar-refractivity contribution >= 4 is 18.0 Å². The van der Waals surface area contributed by atoms with Crippen LogP contribution in [0.2, 0.25) is 0 Å². The molecule has 1 aliphatic rings. The van der Waals surface area contributed by atoms with E-state index in [1.165, 1.54) is 12.1 Å². The highest BCUT2D eigenvalue weighted by atomic mass is 31.2. The van der Waals surface area contributed by atoms with Crippen LogP contribution in [-0.4, -0.2) is 15.8 Å². The average molecular weight is 1040 g/mol. The van der Waals surface area contributed by atoms with Gasteiger partial charge in [-0.2, -0.15) is 0 Å². The van der Waals surface area contributed by atoms with Gasteiger partial charge >= 0.3 is 7.37 Å². The standard InChI is InChI=1S/C67H63O9P/c1-40-33-55(34-41(2)63(40)69)73-64-42(3)29-50(30-43(64)4)51-31-44(5)65(45(6)32-51)74-56-35-46(7)66(47(8)36-56)75-67(9,10)38-48-19-24-53(25-20-48)72-54-26-21-49(22-27-54)39-71-60-28-23-52(68)37-62(60)77(70)61-18-14-12-16-58(61)57-15-11-13-17-59(57)76-77/h11-37,68-69H,38-39H2,1-10H3. The molecule has 0 saturated carbocycles. The summed E-state index contributed by atoms with van der Waals surface area (Å²) in [6.45, 7) is 20.6. The second kappa shape index (κ2) is 21.0. The summed E-state index contributed by atoms with van der Waals surface area (Å²) in [4.78, 5) is 0. The van der Waals surface area contributed by atoms with E-state index in [1.807, 2.05) is 123 Å². The third-order valence-corrected chi connectivity index (χ3v) is 16.4. The van der Waals surface area contributed by atoms with Gasteiger partial charge < -0.3 is 38.4 Å². The zero-order valence-corrected chi connectivity index (χ0v) is 46.1. The molecule has 0 amide bonds. The second-order valence-corrected chi connectivity index (χ2v) is 23.1. The normalized spacial score (nSPS) is 13.7. The molecule has 0 saturated heterocycles. The molecule has 77 heavy (non-hydrogen) atoms. The van der Waals surface area contributed by atoms with Crippen molar-refractivity contribution in [2.75, 3.05) is 0 Å².